The largest absolute Gasteiger partial charge is 0.270 e. The van der Waals surface area contributed by atoms with E-state index in [0.29, 0.717) is 0 Å². The van der Waals surface area contributed by atoms with E-state index in [2.05, 4.69) is 43.1 Å². The predicted octanol–water partition coefficient (Wildman–Crippen LogP) is 4.94. The fourth-order valence-corrected chi connectivity index (χ4v) is 0.809. The second-order valence-electron chi connectivity index (χ2n) is 3.04. The monoisotopic (exact) mass is 219 g/mol. The molecule has 1 rings (SSSR count). The van der Waals surface area contributed by atoms with Crippen LogP contribution in [0.15, 0.2) is 41.5 Å². The molecule has 0 N–H and O–H groups in total. The lowest BCUT2D eigenvalue weighted by atomic mass is 10.2. The molecule has 0 radical (unpaired) electrons. The van der Waals surface area contributed by atoms with E-state index in [0.717, 1.165) is 0 Å². The summed E-state index contributed by atoms with van der Waals surface area (Å²) in [5.41, 5.74) is 2.66. The van der Waals surface area contributed by atoms with Gasteiger partial charge in [0.15, 0.2) is 0 Å². The van der Waals surface area contributed by atoms with Gasteiger partial charge in [0.2, 0.25) is 0 Å². The van der Waals surface area contributed by atoms with Crippen LogP contribution in [0.2, 0.25) is 0 Å². The third-order valence-corrected chi connectivity index (χ3v) is 1.60. The topological polar surface area (TPSA) is 12.4 Å². The van der Waals surface area contributed by atoms with Gasteiger partial charge in [0.1, 0.15) is 0 Å². The molecule has 1 nitrogen and oxygen atoms in total. The Labute approximate surface area is 101 Å². The first kappa shape index (κ1) is 17.0. The lowest BCUT2D eigenvalue weighted by Gasteiger charge is -1.90. The molecule has 0 saturated carbocycles. The molecule has 16 heavy (non-hydrogen) atoms. The Morgan fingerprint density at radius 3 is 1.44 bits per heavy atom. The Balaban J connectivity index is 0. The summed E-state index contributed by atoms with van der Waals surface area (Å²) in [5.74, 6) is 0. The molecule has 0 unspecified atom stereocenters. The first-order chi connectivity index (χ1) is 7.70. The van der Waals surface area contributed by atoms with Crippen molar-refractivity contribution in [1.29, 1.82) is 0 Å². The van der Waals surface area contributed by atoms with E-state index in [-0.39, 0.29) is 0 Å². The molecule has 0 saturated heterocycles. The number of nitrogens with zero attached hydrogens (tertiary/aromatic N) is 1. The minimum atomic E-state index is 1.33. The van der Waals surface area contributed by atoms with Crippen molar-refractivity contribution in [3.63, 3.8) is 0 Å². The van der Waals surface area contributed by atoms with Crippen LogP contribution < -0.4 is 0 Å². The maximum atomic E-state index is 3.78. The lowest BCUT2D eigenvalue weighted by Crippen LogP contribution is -1.70. The van der Waals surface area contributed by atoms with Crippen molar-refractivity contribution in [2.75, 3.05) is 0 Å². The van der Waals surface area contributed by atoms with Crippen molar-refractivity contribution >= 4 is 6.21 Å². The molecule has 0 aliphatic heterocycles. The molecule has 0 bridgehead atoms. The summed E-state index contributed by atoms with van der Waals surface area (Å²) in [7, 11) is 0. The summed E-state index contributed by atoms with van der Waals surface area (Å²) >= 11 is 0. The van der Waals surface area contributed by atoms with Crippen molar-refractivity contribution < 1.29 is 0 Å². The zero-order valence-corrected chi connectivity index (χ0v) is 11.5. The van der Waals surface area contributed by atoms with Crippen LogP contribution in [0, 0.1) is 13.8 Å². The van der Waals surface area contributed by atoms with Crippen LogP contribution in [-0.4, -0.2) is 6.21 Å². The molecule has 0 aliphatic carbocycles. The van der Waals surface area contributed by atoms with Crippen LogP contribution in [0.3, 0.4) is 0 Å². The highest BCUT2D eigenvalue weighted by molar-refractivity contribution is 5.54. The van der Waals surface area contributed by atoms with Gasteiger partial charge in [-0.25, -0.2) is 0 Å². The second kappa shape index (κ2) is 13.6. The molecular weight excluding hydrogens is 194 g/mol. The summed E-state index contributed by atoms with van der Waals surface area (Å²) in [4.78, 5) is 3.78. The number of benzene rings is 1. The molecule has 1 aromatic rings. The lowest BCUT2D eigenvalue weighted by molar-refractivity contribution is 1.40. The van der Waals surface area contributed by atoms with Gasteiger partial charge in [-0.1, -0.05) is 55.3 Å². The summed E-state index contributed by atoms with van der Waals surface area (Å²) in [6.45, 7) is 12.0. The highest BCUT2D eigenvalue weighted by atomic mass is 14.6. The van der Waals surface area contributed by atoms with Gasteiger partial charge >= 0.3 is 0 Å². The van der Waals surface area contributed by atoms with Crippen molar-refractivity contribution in [3.8, 4) is 0 Å². The van der Waals surface area contributed by atoms with Gasteiger partial charge in [0, 0.05) is 12.4 Å². The molecule has 1 aromatic carbocycles. The minimum Gasteiger partial charge on any atom is -0.270 e. The Bertz CT molecular complexity index is 250. The van der Waals surface area contributed by atoms with E-state index >= 15 is 0 Å². The van der Waals surface area contributed by atoms with E-state index in [1.165, 1.54) is 11.1 Å². The number of aryl methyl sites for hydroxylation is 2. The van der Waals surface area contributed by atoms with Crippen molar-refractivity contribution in [3.05, 3.63) is 47.7 Å². The van der Waals surface area contributed by atoms with Crippen LogP contribution in [0.4, 0.5) is 0 Å². The van der Waals surface area contributed by atoms with Gasteiger partial charge in [-0.05, 0) is 27.7 Å². The summed E-state index contributed by atoms with van der Waals surface area (Å²) in [6.07, 6.45) is 5.39. The number of hydrogen-bond donors (Lipinski definition) is 0. The normalized spacial score (nSPS) is 9.38. The van der Waals surface area contributed by atoms with Crippen LogP contribution in [0.5, 0.6) is 0 Å². The zero-order chi connectivity index (χ0) is 12.8. The SMILES string of the molecule is CC.CC=N/C=C\C.Cc1ccc(C)cc1. The Hall–Kier alpha value is -1.37. The maximum absolute atomic E-state index is 3.78. The fourth-order valence-electron chi connectivity index (χ4n) is 0.809. The van der Waals surface area contributed by atoms with Gasteiger partial charge in [-0.15, -0.1) is 0 Å². The quantitative estimate of drug-likeness (QED) is 0.593. The molecule has 0 heterocycles. The van der Waals surface area contributed by atoms with Crippen molar-refractivity contribution in [2.45, 2.75) is 41.5 Å². The standard InChI is InChI=1S/C8H10.C5H9N.C2H6/c1-7-3-5-8(2)6-4-7;1-3-5-6-4-2;1-2/h3-6H,1-2H3;3-5H,1-2H3;1-2H3/b;5-3-,6-4?;. The predicted molar refractivity (Wildman–Crippen MR) is 76.2 cm³/mol. The van der Waals surface area contributed by atoms with Gasteiger partial charge in [0.25, 0.3) is 0 Å². The molecule has 0 amide bonds. The summed E-state index contributed by atoms with van der Waals surface area (Å²) in [5, 5.41) is 0. The smallest absolute Gasteiger partial charge is 0.0221 e. The van der Waals surface area contributed by atoms with Crippen LogP contribution in [0.1, 0.15) is 38.8 Å². The van der Waals surface area contributed by atoms with Gasteiger partial charge in [0.05, 0.1) is 0 Å². The number of rotatable bonds is 1. The fraction of sp³-hybridized carbons (Fsp3) is 0.400. The minimum absolute atomic E-state index is 1.33. The highest BCUT2D eigenvalue weighted by Gasteiger charge is 1.79. The van der Waals surface area contributed by atoms with Gasteiger partial charge < -0.3 is 0 Å². The van der Waals surface area contributed by atoms with E-state index in [1.54, 1.807) is 12.4 Å². The maximum Gasteiger partial charge on any atom is 0.0221 e. The van der Waals surface area contributed by atoms with Gasteiger partial charge in [-0.2, -0.15) is 0 Å². The zero-order valence-electron chi connectivity index (χ0n) is 11.5. The van der Waals surface area contributed by atoms with E-state index < -0.39 is 0 Å². The average molecular weight is 219 g/mol. The van der Waals surface area contributed by atoms with Crippen molar-refractivity contribution in [1.82, 2.24) is 0 Å². The van der Waals surface area contributed by atoms with E-state index in [9.17, 15) is 0 Å². The van der Waals surface area contributed by atoms with Crippen molar-refractivity contribution in [2.24, 2.45) is 4.99 Å². The average Bonchev–Trinajstić information content (AvgIpc) is 2.34. The Kier molecular flexibility index (Phi) is 14.5. The van der Waals surface area contributed by atoms with Crippen LogP contribution in [0.25, 0.3) is 0 Å². The second-order valence-corrected chi connectivity index (χ2v) is 3.04. The molecule has 0 aromatic heterocycles. The van der Waals surface area contributed by atoms with E-state index in [1.807, 2.05) is 33.8 Å². The first-order valence-electron chi connectivity index (χ1n) is 5.83. The third-order valence-electron chi connectivity index (χ3n) is 1.60. The molecule has 90 valence electrons. The number of aliphatic imine (C=N–C) groups is 1. The molecule has 0 spiro atoms. The van der Waals surface area contributed by atoms with Gasteiger partial charge in [-0.3, -0.25) is 4.99 Å². The van der Waals surface area contributed by atoms with E-state index in [4.69, 9.17) is 0 Å². The molecule has 0 aliphatic rings. The Morgan fingerprint density at radius 2 is 1.25 bits per heavy atom. The molecular formula is C15H25N. The highest BCUT2D eigenvalue weighted by Crippen LogP contribution is 1.99. The number of allylic oxidation sites excluding steroid dienone is 1. The van der Waals surface area contributed by atoms with Crippen LogP contribution >= 0.6 is 0 Å². The first-order valence-corrected chi connectivity index (χ1v) is 5.83. The molecule has 1 heteroatoms. The summed E-state index contributed by atoms with van der Waals surface area (Å²) < 4.78 is 0. The summed E-state index contributed by atoms with van der Waals surface area (Å²) in [6, 6.07) is 8.48. The number of hydrogen-bond acceptors (Lipinski definition) is 1. The molecule has 0 fully saturated rings. The Morgan fingerprint density at radius 1 is 0.875 bits per heavy atom. The third kappa shape index (κ3) is 12.6. The molecule has 0 atom stereocenters. The van der Waals surface area contributed by atoms with Crippen LogP contribution in [-0.2, 0) is 0 Å².